The Hall–Kier alpha value is -2.93. The van der Waals surface area contributed by atoms with Crippen LogP contribution in [0.3, 0.4) is 0 Å². The first-order valence-electron chi connectivity index (χ1n) is 7.16. The maximum absolute atomic E-state index is 11.9. The van der Waals surface area contributed by atoms with Crippen LogP contribution < -0.4 is 20.9 Å². The van der Waals surface area contributed by atoms with Crippen LogP contribution in [0.15, 0.2) is 54.6 Å². The van der Waals surface area contributed by atoms with Crippen molar-refractivity contribution < 1.29 is 14.3 Å². The Kier molecular flexibility index (Phi) is 6.27. The van der Waals surface area contributed by atoms with Gasteiger partial charge in [-0.25, -0.2) is 0 Å². The highest BCUT2D eigenvalue weighted by molar-refractivity contribution is 7.80. The molecule has 2 aromatic rings. The molecule has 0 radical (unpaired) electrons. The summed E-state index contributed by atoms with van der Waals surface area (Å²) in [5.41, 5.74) is 6.22. The number of hydrazine groups is 1. The van der Waals surface area contributed by atoms with E-state index in [1.165, 1.54) is 0 Å². The summed E-state index contributed by atoms with van der Waals surface area (Å²) in [6, 6.07) is 15.8. The van der Waals surface area contributed by atoms with Gasteiger partial charge in [0.05, 0.1) is 13.5 Å². The molecule has 2 rings (SSSR count). The first kappa shape index (κ1) is 17.4. The van der Waals surface area contributed by atoms with Crippen molar-refractivity contribution in [1.29, 1.82) is 0 Å². The standard InChI is InChI=1S/C17H17N3O3S/c1-23-14-9-7-12(8-10-14)11-15(21)18-17(24)20-19-16(22)13-5-3-2-4-6-13/h2-10H,11H2,1H3,(H,19,22)(H2,18,20,21,24). The number of methoxy groups -OCH3 is 1. The van der Waals surface area contributed by atoms with Crippen molar-refractivity contribution in [2.24, 2.45) is 0 Å². The molecule has 124 valence electrons. The van der Waals surface area contributed by atoms with Crippen molar-refractivity contribution in [3.05, 3.63) is 65.7 Å². The molecule has 2 amide bonds. The van der Waals surface area contributed by atoms with Gasteiger partial charge in [0.2, 0.25) is 5.91 Å². The molecule has 6 nitrogen and oxygen atoms in total. The lowest BCUT2D eigenvalue weighted by atomic mass is 10.1. The number of ether oxygens (including phenoxy) is 1. The second-order valence-corrected chi connectivity index (χ2v) is 5.26. The fourth-order valence-corrected chi connectivity index (χ4v) is 2.07. The molecule has 0 unspecified atom stereocenters. The molecule has 0 spiro atoms. The molecule has 3 N–H and O–H groups in total. The van der Waals surface area contributed by atoms with Gasteiger partial charge in [0.25, 0.3) is 5.91 Å². The fourth-order valence-electron chi connectivity index (χ4n) is 1.91. The van der Waals surface area contributed by atoms with Crippen LogP contribution in [0.2, 0.25) is 0 Å². The monoisotopic (exact) mass is 343 g/mol. The Labute approximate surface area is 145 Å². The molecule has 0 atom stereocenters. The Balaban J connectivity index is 1.77. The normalized spacial score (nSPS) is 9.71. The van der Waals surface area contributed by atoms with E-state index in [1.807, 2.05) is 6.07 Å². The van der Waals surface area contributed by atoms with Gasteiger partial charge in [-0.2, -0.15) is 0 Å². The Morgan fingerprint density at radius 1 is 1.00 bits per heavy atom. The maximum Gasteiger partial charge on any atom is 0.269 e. The van der Waals surface area contributed by atoms with Crippen molar-refractivity contribution >= 4 is 29.1 Å². The topological polar surface area (TPSA) is 79.5 Å². The predicted octanol–water partition coefficient (Wildman–Crippen LogP) is 1.57. The number of amides is 2. The summed E-state index contributed by atoms with van der Waals surface area (Å²) in [5, 5.41) is 2.52. The second-order valence-electron chi connectivity index (χ2n) is 4.85. The van der Waals surface area contributed by atoms with Crippen molar-refractivity contribution in [3.63, 3.8) is 0 Å². The van der Waals surface area contributed by atoms with Gasteiger partial charge >= 0.3 is 0 Å². The van der Waals surface area contributed by atoms with Crippen LogP contribution in [0.4, 0.5) is 0 Å². The average molecular weight is 343 g/mol. The van der Waals surface area contributed by atoms with Gasteiger partial charge < -0.3 is 10.1 Å². The van der Waals surface area contributed by atoms with Crippen LogP contribution in [0.1, 0.15) is 15.9 Å². The number of carbonyl (C=O) groups excluding carboxylic acids is 2. The lowest BCUT2D eigenvalue weighted by molar-refractivity contribution is -0.119. The number of hydrogen-bond acceptors (Lipinski definition) is 4. The minimum Gasteiger partial charge on any atom is -0.497 e. The molecule has 0 fully saturated rings. The van der Waals surface area contributed by atoms with Crippen molar-refractivity contribution in [1.82, 2.24) is 16.2 Å². The SMILES string of the molecule is COc1ccc(CC(=O)NC(=S)NNC(=O)c2ccccc2)cc1. The van der Waals surface area contributed by atoms with Crippen LogP contribution in [0.5, 0.6) is 5.75 Å². The third kappa shape index (κ3) is 5.36. The van der Waals surface area contributed by atoms with Gasteiger partial charge in [-0.05, 0) is 42.0 Å². The molecule has 0 aliphatic rings. The van der Waals surface area contributed by atoms with Crippen LogP contribution in [-0.2, 0) is 11.2 Å². The van der Waals surface area contributed by atoms with Gasteiger partial charge in [-0.15, -0.1) is 0 Å². The summed E-state index contributed by atoms with van der Waals surface area (Å²) in [7, 11) is 1.58. The van der Waals surface area contributed by atoms with Gasteiger partial charge in [-0.3, -0.25) is 20.4 Å². The molecule has 0 saturated carbocycles. The molecule has 0 aliphatic carbocycles. The number of nitrogens with one attached hydrogen (secondary N) is 3. The molecule has 0 aromatic heterocycles. The highest BCUT2D eigenvalue weighted by Crippen LogP contribution is 2.11. The van der Waals surface area contributed by atoms with Crippen LogP contribution in [-0.4, -0.2) is 24.0 Å². The van der Waals surface area contributed by atoms with E-state index in [4.69, 9.17) is 17.0 Å². The van der Waals surface area contributed by atoms with Crippen molar-refractivity contribution in [3.8, 4) is 5.75 Å². The lowest BCUT2D eigenvalue weighted by Crippen LogP contribution is -2.48. The highest BCUT2D eigenvalue weighted by Gasteiger charge is 2.08. The zero-order chi connectivity index (χ0) is 17.4. The van der Waals surface area contributed by atoms with Gasteiger partial charge in [0.1, 0.15) is 5.75 Å². The number of rotatable bonds is 4. The van der Waals surface area contributed by atoms with E-state index < -0.39 is 0 Å². The quantitative estimate of drug-likeness (QED) is 0.580. The van der Waals surface area contributed by atoms with Crippen molar-refractivity contribution in [2.75, 3.05) is 7.11 Å². The smallest absolute Gasteiger partial charge is 0.269 e. The summed E-state index contributed by atoms with van der Waals surface area (Å²) in [5.74, 6) is 0.0916. The highest BCUT2D eigenvalue weighted by atomic mass is 32.1. The number of carbonyl (C=O) groups is 2. The molecular formula is C17H17N3O3S. The number of hydrogen-bond donors (Lipinski definition) is 3. The first-order chi connectivity index (χ1) is 11.6. The molecule has 2 aromatic carbocycles. The van der Waals surface area contributed by atoms with Gasteiger partial charge in [0.15, 0.2) is 5.11 Å². The molecule has 0 heterocycles. The lowest BCUT2D eigenvalue weighted by Gasteiger charge is -2.11. The van der Waals surface area contributed by atoms with Gasteiger partial charge in [-0.1, -0.05) is 30.3 Å². The fraction of sp³-hybridized carbons (Fsp3) is 0.118. The maximum atomic E-state index is 11.9. The molecule has 0 bridgehead atoms. The van der Waals surface area contributed by atoms with Crippen LogP contribution >= 0.6 is 12.2 Å². The molecule has 0 saturated heterocycles. The molecular weight excluding hydrogens is 326 g/mol. The van der Waals surface area contributed by atoms with E-state index in [0.29, 0.717) is 5.56 Å². The second kappa shape index (κ2) is 8.64. The largest absolute Gasteiger partial charge is 0.497 e. The number of benzene rings is 2. The van der Waals surface area contributed by atoms with Crippen molar-refractivity contribution in [2.45, 2.75) is 6.42 Å². The zero-order valence-corrected chi connectivity index (χ0v) is 13.9. The van der Waals surface area contributed by atoms with E-state index in [-0.39, 0.29) is 23.3 Å². The zero-order valence-electron chi connectivity index (χ0n) is 13.0. The molecule has 0 aliphatic heterocycles. The number of thiocarbonyl (C=S) groups is 1. The van der Waals surface area contributed by atoms with Crippen LogP contribution in [0, 0.1) is 0 Å². The minimum absolute atomic E-state index is 0.0257. The van der Waals surface area contributed by atoms with Crippen LogP contribution in [0.25, 0.3) is 0 Å². The third-order valence-corrected chi connectivity index (χ3v) is 3.31. The van der Waals surface area contributed by atoms with E-state index in [2.05, 4.69) is 16.2 Å². The summed E-state index contributed by atoms with van der Waals surface area (Å²) in [4.78, 5) is 23.7. The Bertz CT molecular complexity index is 718. The summed E-state index contributed by atoms with van der Waals surface area (Å²) in [6.07, 6.45) is 0.165. The summed E-state index contributed by atoms with van der Waals surface area (Å²) in [6.45, 7) is 0. The Morgan fingerprint density at radius 3 is 2.29 bits per heavy atom. The average Bonchev–Trinajstić information content (AvgIpc) is 2.61. The summed E-state index contributed by atoms with van der Waals surface area (Å²) < 4.78 is 5.06. The summed E-state index contributed by atoms with van der Waals surface area (Å²) >= 11 is 4.98. The molecule has 24 heavy (non-hydrogen) atoms. The van der Waals surface area contributed by atoms with E-state index in [0.717, 1.165) is 11.3 Å². The molecule has 7 heteroatoms. The van der Waals surface area contributed by atoms with E-state index >= 15 is 0 Å². The van der Waals surface area contributed by atoms with E-state index in [9.17, 15) is 9.59 Å². The van der Waals surface area contributed by atoms with Gasteiger partial charge in [0, 0.05) is 5.56 Å². The third-order valence-electron chi connectivity index (χ3n) is 3.10. The minimum atomic E-state index is -0.345. The van der Waals surface area contributed by atoms with E-state index in [1.54, 1.807) is 55.6 Å². The predicted molar refractivity (Wildman–Crippen MR) is 94.5 cm³/mol. The Morgan fingerprint density at radius 2 is 1.67 bits per heavy atom. The first-order valence-corrected chi connectivity index (χ1v) is 7.57.